The molecule has 64 heavy (non-hydrogen) atoms. The van der Waals surface area contributed by atoms with Gasteiger partial charge in [-0.3, -0.25) is 28.8 Å². The van der Waals surface area contributed by atoms with Crippen molar-refractivity contribution in [1.82, 2.24) is 4.90 Å². The Morgan fingerprint density at radius 3 is 2.06 bits per heavy atom. The molecule has 2 fully saturated rings. The molecule has 1 aliphatic carbocycles. The lowest BCUT2D eigenvalue weighted by Crippen LogP contribution is -2.53. The van der Waals surface area contributed by atoms with Crippen LogP contribution in [0.5, 0.6) is 0 Å². The molecule has 0 spiro atoms. The predicted octanol–water partition coefficient (Wildman–Crippen LogP) is 5.00. The van der Waals surface area contributed by atoms with Crippen molar-refractivity contribution in [3.63, 3.8) is 0 Å². The van der Waals surface area contributed by atoms with Gasteiger partial charge in [-0.25, -0.2) is 9.37 Å². The largest absolute Gasteiger partial charge is 0.464 e. The average Bonchev–Trinajstić information content (AvgIpc) is 3.27. The molecule has 3 rings (SSSR count). The van der Waals surface area contributed by atoms with Crippen molar-refractivity contribution in [1.29, 1.82) is 0 Å². The Morgan fingerprint density at radius 2 is 1.45 bits per heavy atom. The zero-order chi connectivity index (χ0) is 47.7. The van der Waals surface area contributed by atoms with Gasteiger partial charge in [0.2, 0.25) is 5.78 Å². The van der Waals surface area contributed by atoms with Gasteiger partial charge in [-0.1, -0.05) is 45.4 Å². The summed E-state index contributed by atoms with van der Waals surface area (Å²) in [7, 11) is 8.21. The molecule has 16 nitrogen and oxygen atoms in total. The number of amides is 1. The predicted molar refractivity (Wildman–Crippen MR) is 236 cm³/mol. The van der Waals surface area contributed by atoms with Gasteiger partial charge >= 0.3 is 12.4 Å². The van der Waals surface area contributed by atoms with E-state index in [1.54, 1.807) is 53.7 Å². The second-order valence-corrected chi connectivity index (χ2v) is 18.3. The summed E-state index contributed by atoms with van der Waals surface area (Å²) >= 11 is 0. The van der Waals surface area contributed by atoms with E-state index in [4.69, 9.17) is 33.2 Å². The number of fused-ring (bicyclic) bond motifs is 1. The van der Waals surface area contributed by atoms with Crippen LogP contribution in [0, 0.1) is 29.6 Å². The van der Waals surface area contributed by atoms with E-state index in [-0.39, 0.29) is 49.5 Å². The smallest absolute Gasteiger partial charge is 0.329 e. The Balaban J connectivity index is 2.15. The van der Waals surface area contributed by atoms with Crippen molar-refractivity contribution in [2.45, 2.75) is 161 Å². The molecule has 2 aliphatic heterocycles. The first-order chi connectivity index (χ1) is 30.4. The number of carbonyl (C=O) groups is 7. The number of cyclic esters (lactones) is 1. The fraction of sp³-hybridized carbons (Fsp3) is 0.750. The monoisotopic (exact) mass is 904 g/mol. The molecule has 0 bridgehead atoms. The van der Waals surface area contributed by atoms with Crippen LogP contribution in [0.15, 0.2) is 23.3 Å². The van der Waals surface area contributed by atoms with E-state index in [1.807, 2.05) is 26.0 Å². The first-order valence-electron chi connectivity index (χ1n) is 22.8. The second-order valence-electron chi connectivity index (χ2n) is 18.3. The third-order valence-electron chi connectivity index (χ3n) is 13.1. The van der Waals surface area contributed by atoms with Crippen LogP contribution in [0.25, 0.3) is 0 Å². The van der Waals surface area contributed by atoms with Crippen molar-refractivity contribution in [2.24, 2.45) is 29.6 Å². The first-order valence-corrected chi connectivity index (χ1v) is 22.8. The van der Waals surface area contributed by atoms with Crippen LogP contribution in [0.2, 0.25) is 0 Å². The maximum atomic E-state index is 14.4. The van der Waals surface area contributed by atoms with E-state index < -0.39 is 83.9 Å². The molecule has 360 valence electrons. The minimum Gasteiger partial charge on any atom is -0.464 e. The summed E-state index contributed by atoms with van der Waals surface area (Å²) in [6.07, 6.45) is 5.09. The third kappa shape index (κ3) is 15.1. The summed E-state index contributed by atoms with van der Waals surface area (Å²) in [5.41, 5.74) is 1.60. The minimum absolute atomic E-state index is 0.0331. The molecule has 2 heterocycles. The van der Waals surface area contributed by atoms with Crippen LogP contribution < -0.4 is 0 Å². The quantitative estimate of drug-likeness (QED) is 0.0372. The topological polar surface area (TPSA) is 190 Å². The Hall–Kier alpha value is -4.28. The molecule has 0 aromatic heterocycles. The molecule has 16 heteroatoms. The Morgan fingerprint density at radius 1 is 0.812 bits per heavy atom. The summed E-state index contributed by atoms with van der Waals surface area (Å²) in [6, 6.07) is -1.19. The SMILES string of the molecule is CC[C@@H]1/C=C(\C)C[C@H](C)C[C@H](OC)C(OC=[N+](C)C)[C@@H](OC)C[C@@H](C)C(=O)C(=O)C(=O)N2CCCC[C@H]2C(=O)O[C@H](/C(C)=C/C2CC[C@@H](OC=O)[C@H](OC)C2)[C@@H](C)C(OC=O)CC1=O. The van der Waals surface area contributed by atoms with E-state index in [9.17, 15) is 33.6 Å². The standard InChI is InChI=1S/C48H75N2O14/c1-12-35-20-29(2)19-30(3)21-41(59-10)46(61-26-49(7)8)42(60-11)23-31(4)43(54)44(55)47(56)50-18-14-13-15-36(50)48(57)64-45(33(6)39(63-28-52)25-37(35)53)32(5)22-34-16-17-38(62-27-51)40(24-34)58-9/h20,22,26-28,30-31,33-36,38-42,45-46H,12-19,21,23-25H2,1-11H3/q+1/b29-20+,32-22+/t30-,31+,33-,34?,35+,36-,38+,39?,40+,41-,42-,45+,46?/m0/s1. The van der Waals surface area contributed by atoms with E-state index in [2.05, 4.69) is 6.92 Å². The van der Waals surface area contributed by atoms with Crippen LogP contribution in [-0.2, 0) is 66.7 Å². The molecular formula is C48H75N2O14+. The maximum absolute atomic E-state index is 14.4. The van der Waals surface area contributed by atoms with Crippen molar-refractivity contribution >= 4 is 48.6 Å². The molecule has 1 saturated carbocycles. The molecule has 1 saturated heterocycles. The highest BCUT2D eigenvalue weighted by atomic mass is 16.6. The number of rotatable bonds is 12. The third-order valence-corrected chi connectivity index (χ3v) is 13.1. The number of carbonyl (C=O) groups excluding carboxylic acids is 7. The summed E-state index contributed by atoms with van der Waals surface area (Å²) < 4.78 is 42.8. The number of hydrogen-bond acceptors (Lipinski definition) is 14. The number of piperidine rings is 1. The van der Waals surface area contributed by atoms with Gasteiger partial charge in [0.1, 0.15) is 44.2 Å². The summed E-state index contributed by atoms with van der Waals surface area (Å²) in [5.74, 6) is -6.44. The van der Waals surface area contributed by atoms with Crippen molar-refractivity contribution in [3.8, 4) is 0 Å². The highest BCUT2D eigenvalue weighted by Crippen LogP contribution is 2.34. The number of allylic oxidation sites excluding steroid dienone is 3. The lowest BCUT2D eigenvalue weighted by molar-refractivity contribution is -0.469. The number of Topliss-reactive ketones (excluding diaryl/α,β-unsaturated/α-hetero) is 3. The van der Waals surface area contributed by atoms with Gasteiger partial charge in [-0.15, -0.1) is 0 Å². The van der Waals surface area contributed by atoms with Crippen LogP contribution in [0.1, 0.15) is 112 Å². The number of esters is 1. The van der Waals surface area contributed by atoms with Crippen LogP contribution in [-0.4, -0.2) is 149 Å². The summed E-state index contributed by atoms with van der Waals surface area (Å²) in [6.45, 7) is 11.8. The molecular weight excluding hydrogens is 829 g/mol. The molecule has 3 unspecified atom stereocenters. The molecule has 0 N–H and O–H groups in total. The average molecular weight is 904 g/mol. The number of methoxy groups -OCH3 is 3. The minimum atomic E-state index is -1.25. The summed E-state index contributed by atoms with van der Waals surface area (Å²) in [4.78, 5) is 94.6. The number of ketones is 3. The molecule has 0 aromatic carbocycles. The molecule has 0 aromatic rings. The number of ether oxygens (including phenoxy) is 7. The summed E-state index contributed by atoms with van der Waals surface area (Å²) in [5, 5.41) is 0. The van der Waals surface area contributed by atoms with Crippen LogP contribution in [0.4, 0.5) is 0 Å². The van der Waals surface area contributed by atoms with Crippen molar-refractivity contribution < 1.29 is 71.3 Å². The highest BCUT2D eigenvalue weighted by Gasteiger charge is 2.43. The zero-order valence-electron chi connectivity index (χ0n) is 40.0. The fourth-order valence-corrected chi connectivity index (χ4v) is 9.57. The van der Waals surface area contributed by atoms with E-state index in [1.165, 1.54) is 13.5 Å². The maximum Gasteiger partial charge on any atom is 0.329 e. The Kier molecular flexibility index (Phi) is 22.5. The van der Waals surface area contributed by atoms with E-state index in [0.29, 0.717) is 69.9 Å². The normalized spacial score (nSPS) is 34.6. The van der Waals surface area contributed by atoms with Gasteiger partial charge in [-0.05, 0) is 95.5 Å². The lowest BCUT2D eigenvalue weighted by Gasteiger charge is -2.37. The molecule has 13 atom stereocenters. The van der Waals surface area contributed by atoms with Crippen molar-refractivity contribution in [3.05, 3.63) is 23.3 Å². The molecule has 3 aliphatic rings. The van der Waals surface area contributed by atoms with Gasteiger partial charge in [0.05, 0.1) is 18.3 Å². The molecule has 0 radical (unpaired) electrons. The lowest BCUT2D eigenvalue weighted by atomic mass is 9.81. The van der Waals surface area contributed by atoms with Gasteiger partial charge in [0.25, 0.3) is 24.6 Å². The highest BCUT2D eigenvalue weighted by molar-refractivity contribution is 6.63. The fourth-order valence-electron chi connectivity index (χ4n) is 9.57. The number of hydrogen-bond donors (Lipinski definition) is 0. The Bertz CT molecular complexity index is 1690. The first kappa shape index (κ1) is 54.1. The Labute approximate surface area is 379 Å². The van der Waals surface area contributed by atoms with Crippen LogP contribution in [0.3, 0.4) is 0 Å². The van der Waals surface area contributed by atoms with Gasteiger partial charge in [-0.2, -0.15) is 0 Å². The molecule has 1 amide bonds. The van der Waals surface area contributed by atoms with Crippen LogP contribution >= 0.6 is 0 Å². The van der Waals surface area contributed by atoms with Gasteiger partial charge < -0.3 is 38.1 Å². The second kappa shape index (κ2) is 26.6. The zero-order valence-corrected chi connectivity index (χ0v) is 40.0. The van der Waals surface area contributed by atoms with Gasteiger partial charge in [0.15, 0.2) is 6.10 Å². The van der Waals surface area contributed by atoms with Crippen molar-refractivity contribution in [2.75, 3.05) is 42.0 Å². The van der Waals surface area contributed by atoms with E-state index in [0.717, 1.165) is 10.5 Å². The van der Waals surface area contributed by atoms with E-state index >= 15 is 0 Å². The number of nitrogens with zero attached hydrogens (tertiary/aromatic N) is 2. The van der Waals surface area contributed by atoms with Gasteiger partial charge in [0, 0.05) is 52.0 Å².